The Hall–Kier alpha value is -3.92. The van der Waals surface area contributed by atoms with E-state index in [2.05, 4.69) is 100 Å². The monoisotopic (exact) mass is 472 g/mol. The molecule has 0 radical (unpaired) electrons. The predicted molar refractivity (Wildman–Crippen MR) is 148 cm³/mol. The van der Waals surface area contributed by atoms with E-state index in [-0.39, 0.29) is 10.8 Å². The van der Waals surface area contributed by atoms with Crippen LogP contribution in [-0.4, -0.2) is 19.9 Å². The molecule has 0 aliphatic rings. The lowest BCUT2D eigenvalue weighted by Gasteiger charge is -2.24. The Labute approximate surface area is 213 Å². The Morgan fingerprint density at radius 1 is 0.667 bits per heavy atom. The van der Waals surface area contributed by atoms with E-state index in [0.717, 1.165) is 51.5 Å². The smallest absolute Gasteiger partial charge is 0.135 e. The molecular weight excluding hydrogens is 440 g/mol. The summed E-state index contributed by atoms with van der Waals surface area (Å²) in [5.74, 6) is 0.839. The maximum absolute atomic E-state index is 5.12. The molecule has 0 atom stereocenters. The van der Waals surface area contributed by atoms with Crippen LogP contribution in [0.2, 0.25) is 0 Å². The fraction of sp³-hybridized carbons (Fsp3) is 0.250. The van der Waals surface area contributed by atoms with E-state index in [1.807, 2.05) is 30.5 Å². The molecule has 3 heterocycles. The molecule has 4 heteroatoms. The van der Waals surface area contributed by atoms with Crippen LogP contribution in [0.15, 0.2) is 91.1 Å². The van der Waals surface area contributed by atoms with E-state index in [1.165, 1.54) is 5.56 Å². The molecule has 0 aliphatic heterocycles. The van der Waals surface area contributed by atoms with Gasteiger partial charge >= 0.3 is 0 Å². The van der Waals surface area contributed by atoms with Crippen molar-refractivity contribution in [2.75, 3.05) is 0 Å². The summed E-state index contributed by atoms with van der Waals surface area (Å²) in [4.78, 5) is 19.7. The standard InChI is InChI=1S/C32H32N4/c1-31(2,3)28-17-11-16-26(34-28)27-20-22(18-19-33-27)21-32(4,5)30-35-25-15-10-9-14-24(25)29(36-30)23-12-7-6-8-13-23/h6-20H,21H2,1-5H3. The molecule has 0 aliphatic carbocycles. The summed E-state index contributed by atoms with van der Waals surface area (Å²) >= 11 is 0. The zero-order chi connectivity index (χ0) is 25.3. The first-order chi connectivity index (χ1) is 17.2. The van der Waals surface area contributed by atoms with E-state index in [1.54, 1.807) is 0 Å². The van der Waals surface area contributed by atoms with Gasteiger partial charge in [-0.2, -0.15) is 0 Å². The third-order valence-electron chi connectivity index (χ3n) is 6.51. The Balaban J connectivity index is 1.52. The topological polar surface area (TPSA) is 51.6 Å². The maximum Gasteiger partial charge on any atom is 0.135 e. The molecule has 36 heavy (non-hydrogen) atoms. The number of para-hydroxylation sites is 1. The van der Waals surface area contributed by atoms with Crippen LogP contribution in [0.25, 0.3) is 33.5 Å². The normalized spacial score (nSPS) is 12.1. The molecule has 4 nitrogen and oxygen atoms in total. The number of aromatic nitrogens is 4. The summed E-state index contributed by atoms with van der Waals surface area (Å²) in [5.41, 5.74) is 6.78. The van der Waals surface area contributed by atoms with Gasteiger partial charge in [0.05, 0.1) is 22.6 Å². The number of hydrogen-bond acceptors (Lipinski definition) is 4. The largest absolute Gasteiger partial charge is 0.255 e. The molecule has 0 saturated carbocycles. The molecule has 0 saturated heterocycles. The lowest BCUT2D eigenvalue weighted by atomic mass is 9.84. The highest BCUT2D eigenvalue weighted by Crippen LogP contribution is 2.32. The molecule has 5 rings (SSSR count). The van der Waals surface area contributed by atoms with Gasteiger partial charge in [-0.3, -0.25) is 9.97 Å². The Kier molecular flexibility index (Phi) is 6.13. The molecule has 0 spiro atoms. The number of nitrogens with zero attached hydrogens (tertiary/aromatic N) is 4. The van der Waals surface area contributed by atoms with E-state index in [9.17, 15) is 0 Å². The molecule has 0 fully saturated rings. The van der Waals surface area contributed by atoms with E-state index < -0.39 is 0 Å². The minimum absolute atomic E-state index is 0.0144. The van der Waals surface area contributed by atoms with Crippen molar-refractivity contribution in [1.82, 2.24) is 19.9 Å². The second kappa shape index (κ2) is 9.27. The first kappa shape index (κ1) is 23.8. The van der Waals surface area contributed by atoms with Crippen LogP contribution in [-0.2, 0) is 17.3 Å². The number of rotatable bonds is 5. The summed E-state index contributed by atoms with van der Waals surface area (Å²) < 4.78 is 0. The fourth-order valence-electron chi connectivity index (χ4n) is 4.50. The molecule has 3 aromatic heterocycles. The highest BCUT2D eigenvalue weighted by molar-refractivity contribution is 5.92. The van der Waals surface area contributed by atoms with Crippen LogP contribution >= 0.6 is 0 Å². The van der Waals surface area contributed by atoms with Gasteiger partial charge in [0.1, 0.15) is 5.82 Å². The van der Waals surface area contributed by atoms with Gasteiger partial charge in [-0.15, -0.1) is 0 Å². The Morgan fingerprint density at radius 3 is 2.19 bits per heavy atom. The van der Waals surface area contributed by atoms with Crippen LogP contribution in [0.5, 0.6) is 0 Å². The number of hydrogen-bond donors (Lipinski definition) is 0. The van der Waals surface area contributed by atoms with E-state index >= 15 is 0 Å². The predicted octanol–water partition coefficient (Wildman–Crippen LogP) is 7.57. The Bertz CT molecular complexity index is 1510. The molecule has 0 N–H and O–H groups in total. The number of fused-ring (bicyclic) bond motifs is 1. The summed E-state index contributed by atoms with van der Waals surface area (Å²) in [6.07, 6.45) is 2.66. The summed E-state index contributed by atoms with van der Waals surface area (Å²) in [6, 6.07) is 29.0. The van der Waals surface area contributed by atoms with Crippen LogP contribution in [0.3, 0.4) is 0 Å². The van der Waals surface area contributed by atoms with Gasteiger partial charge in [0.15, 0.2) is 0 Å². The van der Waals surface area contributed by atoms with Crippen molar-refractivity contribution in [2.24, 2.45) is 0 Å². The van der Waals surface area contributed by atoms with Crippen molar-refractivity contribution in [3.8, 4) is 22.6 Å². The zero-order valence-corrected chi connectivity index (χ0v) is 21.7. The van der Waals surface area contributed by atoms with Crippen molar-refractivity contribution in [3.63, 3.8) is 0 Å². The first-order valence-electron chi connectivity index (χ1n) is 12.5. The van der Waals surface area contributed by atoms with Crippen molar-refractivity contribution in [2.45, 2.75) is 51.9 Å². The van der Waals surface area contributed by atoms with Crippen molar-refractivity contribution >= 4 is 10.9 Å². The first-order valence-corrected chi connectivity index (χ1v) is 12.5. The van der Waals surface area contributed by atoms with Crippen LogP contribution in [0, 0.1) is 0 Å². The van der Waals surface area contributed by atoms with Gasteiger partial charge in [0.2, 0.25) is 0 Å². The molecule has 0 bridgehead atoms. The third-order valence-corrected chi connectivity index (χ3v) is 6.51. The van der Waals surface area contributed by atoms with Gasteiger partial charge in [-0.1, -0.05) is 89.2 Å². The SMILES string of the molecule is CC(C)(C)c1cccc(-c2cc(CC(C)(C)c3nc(-c4ccccc4)c4ccccc4n3)ccn2)n1. The number of benzene rings is 2. The molecular formula is C32H32N4. The molecule has 2 aromatic carbocycles. The highest BCUT2D eigenvalue weighted by atomic mass is 14.9. The van der Waals surface area contributed by atoms with Crippen LogP contribution in [0.1, 0.15) is 51.7 Å². The van der Waals surface area contributed by atoms with Crippen molar-refractivity contribution in [3.05, 3.63) is 108 Å². The molecule has 0 unspecified atom stereocenters. The second-order valence-corrected chi connectivity index (χ2v) is 11.0. The zero-order valence-electron chi connectivity index (χ0n) is 21.7. The second-order valence-electron chi connectivity index (χ2n) is 11.0. The minimum Gasteiger partial charge on any atom is -0.255 e. The third kappa shape index (κ3) is 4.90. The van der Waals surface area contributed by atoms with Gasteiger partial charge in [0.25, 0.3) is 0 Å². The lowest BCUT2D eigenvalue weighted by Crippen LogP contribution is -2.24. The molecule has 5 aromatic rings. The van der Waals surface area contributed by atoms with Crippen LogP contribution in [0.4, 0.5) is 0 Å². The van der Waals surface area contributed by atoms with Gasteiger partial charge in [-0.25, -0.2) is 9.97 Å². The molecule has 180 valence electrons. The van der Waals surface area contributed by atoms with Crippen molar-refractivity contribution < 1.29 is 0 Å². The number of pyridine rings is 2. The average Bonchev–Trinajstić information content (AvgIpc) is 2.88. The summed E-state index contributed by atoms with van der Waals surface area (Å²) in [6.45, 7) is 11.0. The lowest BCUT2D eigenvalue weighted by molar-refractivity contribution is 0.489. The van der Waals surface area contributed by atoms with Gasteiger partial charge < -0.3 is 0 Å². The Morgan fingerprint density at radius 2 is 1.42 bits per heavy atom. The minimum atomic E-state index is -0.285. The van der Waals surface area contributed by atoms with Gasteiger partial charge in [-0.05, 0) is 42.3 Å². The molecule has 0 amide bonds. The van der Waals surface area contributed by atoms with Gasteiger partial charge in [0, 0.05) is 33.7 Å². The van der Waals surface area contributed by atoms with E-state index in [0.29, 0.717) is 0 Å². The fourth-order valence-corrected chi connectivity index (χ4v) is 4.50. The van der Waals surface area contributed by atoms with E-state index in [4.69, 9.17) is 15.0 Å². The maximum atomic E-state index is 5.12. The summed E-state index contributed by atoms with van der Waals surface area (Å²) in [7, 11) is 0. The van der Waals surface area contributed by atoms with Crippen molar-refractivity contribution in [1.29, 1.82) is 0 Å². The highest BCUT2D eigenvalue weighted by Gasteiger charge is 2.27. The average molecular weight is 473 g/mol. The quantitative estimate of drug-likeness (QED) is 0.265. The van der Waals surface area contributed by atoms with Crippen LogP contribution < -0.4 is 0 Å². The summed E-state index contributed by atoms with van der Waals surface area (Å²) in [5, 5.41) is 1.07.